The van der Waals surface area contributed by atoms with Gasteiger partial charge in [-0.3, -0.25) is 9.89 Å². The molecule has 0 unspecified atom stereocenters. The summed E-state index contributed by atoms with van der Waals surface area (Å²) in [6.45, 7) is 9.32. The molecule has 0 aromatic carbocycles. The summed E-state index contributed by atoms with van der Waals surface area (Å²) in [5.41, 5.74) is 0.314. The van der Waals surface area contributed by atoms with Crippen LogP contribution >= 0.6 is 24.0 Å². The first-order valence-corrected chi connectivity index (χ1v) is 9.96. The van der Waals surface area contributed by atoms with Gasteiger partial charge in [0, 0.05) is 32.7 Å². The van der Waals surface area contributed by atoms with Crippen LogP contribution in [0.25, 0.3) is 0 Å². The Morgan fingerprint density at radius 1 is 1.12 bits per heavy atom. The maximum atomic E-state index is 4.52. The highest BCUT2D eigenvalue weighted by atomic mass is 127. The van der Waals surface area contributed by atoms with E-state index in [0.717, 1.165) is 19.0 Å². The lowest BCUT2D eigenvalue weighted by molar-refractivity contribution is 0.0170. The molecule has 0 amide bonds. The number of rotatable bonds is 6. The van der Waals surface area contributed by atoms with Crippen LogP contribution in [0.2, 0.25) is 0 Å². The first-order valence-electron chi connectivity index (χ1n) is 9.96. The topological polar surface area (TPSA) is 34.1 Å². The van der Waals surface area contributed by atoms with Crippen LogP contribution in [0.3, 0.4) is 0 Å². The highest BCUT2D eigenvalue weighted by Gasteiger charge is 2.39. The van der Waals surface area contributed by atoms with E-state index in [1.165, 1.54) is 71.1 Å². The molecule has 0 aromatic rings. The lowest BCUT2D eigenvalue weighted by atomic mass is 9.84. The number of hydrogen-bond acceptors (Lipinski definition) is 3. The van der Waals surface area contributed by atoms with E-state index in [4.69, 9.17) is 0 Å². The van der Waals surface area contributed by atoms with Crippen molar-refractivity contribution in [3.05, 3.63) is 0 Å². The molecule has 6 heteroatoms. The predicted molar refractivity (Wildman–Crippen MR) is 119 cm³/mol. The number of unbranched alkanes of at least 4 members (excludes halogenated alkanes) is 1. The summed E-state index contributed by atoms with van der Waals surface area (Å²) in [5, 5.41) is 3.72. The number of likely N-dealkylation sites (tertiary alicyclic amines) is 2. The summed E-state index contributed by atoms with van der Waals surface area (Å²) in [6, 6.07) is 0. The van der Waals surface area contributed by atoms with Crippen molar-refractivity contribution in [2.45, 2.75) is 57.4 Å². The second kappa shape index (κ2) is 11.6. The van der Waals surface area contributed by atoms with E-state index in [1.807, 2.05) is 7.05 Å². The molecule has 0 atom stereocenters. The van der Waals surface area contributed by atoms with Gasteiger partial charge in [-0.15, -0.1) is 24.0 Å². The van der Waals surface area contributed by atoms with Gasteiger partial charge >= 0.3 is 0 Å². The Labute approximate surface area is 172 Å². The lowest BCUT2D eigenvalue weighted by Crippen LogP contribution is -2.62. The zero-order valence-electron chi connectivity index (χ0n) is 16.9. The van der Waals surface area contributed by atoms with Crippen molar-refractivity contribution in [1.29, 1.82) is 0 Å². The van der Waals surface area contributed by atoms with Crippen LogP contribution in [0.15, 0.2) is 4.99 Å². The molecule has 2 fully saturated rings. The molecule has 0 aromatic heterocycles. The molecule has 2 rings (SSSR count). The summed E-state index contributed by atoms with van der Waals surface area (Å²) in [4.78, 5) is 12.1. The fraction of sp³-hybridized carbons (Fsp3) is 0.947. The van der Waals surface area contributed by atoms with Gasteiger partial charge in [-0.2, -0.15) is 0 Å². The maximum absolute atomic E-state index is 4.52. The molecule has 25 heavy (non-hydrogen) atoms. The minimum atomic E-state index is 0. The molecule has 0 bridgehead atoms. The molecule has 148 valence electrons. The second-order valence-electron chi connectivity index (χ2n) is 7.75. The third-order valence-electron chi connectivity index (χ3n) is 5.94. The molecule has 2 aliphatic heterocycles. The van der Waals surface area contributed by atoms with E-state index in [-0.39, 0.29) is 24.0 Å². The number of aliphatic imine (C=N–C) groups is 1. The Bertz CT molecular complexity index is 387. The van der Waals surface area contributed by atoms with E-state index >= 15 is 0 Å². The highest BCUT2D eigenvalue weighted by molar-refractivity contribution is 14.0. The van der Waals surface area contributed by atoms with Crippen LogP contribution in [-0.2, 0) is 0 Å². The quantitative estimate of drug-likeness (QED) is 0.372. The summed E-state index contributed by atoms with van der Waals surface area (Å²) < 4.78 is 0. The Kier molecular flexibility index (Phi) is 10.6. The van der Waals surface area contributed by atoms with Crippen molar-refractivity contribution in [3.63, 3.8) is 0 Å². The molecule has 2 aliphatic rings. The predicted octanol–water partition coefficient (Wildman–Crippen LogP) is 2.86. The average molecular weight is 465 g/mol. The SMILES string of the molecule is CCCCN(C)C(=NC)NCC1(N2CCCCC2)CCN(C)CC1.I. The summed E-state index contributed by atoms with van der Waals surface area (Å²) in [6.07, 6.45) is 9.12. The van der Waals surface area contributed by atoms with Gasteiger partial charge in [-0.05, 0) is 65.3 Å². The number of nitrogens with zero attached hydrogens (tertiary/aromatic N) is 4. The molecular weight excluding hydrogens is 425 g/mol. The van der Waals surface area contributed by atoms with Gasteiger partial charge in [0.05, 0.1) is 0 Å². The van der Waals surface area contributed by atoms with Crippen molar-refractivity contribution in [2.24, 2.45) is 4.99 Å². The van der Waals surface area contributed by atoms with Gasteiger partial charge < -0.3 is 15.1 Å². The van der Waals surface area contributed by atoms with Crippen LogP contribution in [0.4, 0.5) is 0 Å². The van der Waals surface area contributed by atoms with E-state index in [9.17, 15) is 0 Å². The van der Waals surface area contributed by atoms with Crippen molar-refractivity contribution in [3.8, 4) is 0 Å². The molecule has 0 spiro atoms. The number of nitrogens with one attached hydrogen (secondary N) is 1. The van der Waals surface area contributed by atoms with E-state index in [0.29, 0.717) is 5.54 Å². The smallest absolute Gasteiger partial charge is 0.193 e. The fourth-order valence-corrected chi connectivity index (χ4v) is 4.14. The highest BCUT2D eigenvalue weighted by Crippen LogP contribution is 2.30. The number of halogens is 1. The zero-order chi connectivity index (χ0) is 17.4. The third-order valence-corrected chi connectivity index (χ3v) is 5.94. The third kappa shape index (κ3) is 6.54. The monoisotopic (exact) mass is 465 g/mol. The van der Waals surface area contributed by atoms with Crippen molar-refractivity contribution < 1.29 is 0 Å². The van der Waals surface area contributed by atoms with Gasteiger partial charge in [0.15, 0.2) is 5.96 Å². The molecule has 1 N–H and O–H groups in total. The van der Waals surface area contributed by atoms with Crippen LogP contribution in [0.1, 0.15) is 51.9 Å². The van der Waals surface area contributed by atoms with Gasteiger partial charge in [-0.25, -0.2) is 0 Å². The fourth-order valence-electron chi connectivity index (χ4n) is 4.14. The van der Waals surface area contributed by atoms with E-state index in [2.05, 4.69) is 46.0 Å². The van der Waals surface area contributed by atoms with E-state index < -0.39 is 0 Å². The lowest BCUT2D eigenvalue weighted by Gasteiger charge is -2.50. The van der Waals surface area contributed by atoms with Crippen molar-refractivity contribution in [2.75, 3.05) is 60.4 Å². The summed E-state index contributed by atoms with van der Waals surface area (Å²) in [7, 11) is 6.32. The Morgan fingerprint density at radius 3 is 2.32 bits per heavy atom. The first-order chi connectivity index (χ1) is 11.6. The standard InChI is InChI=1S/C19H39N5.HI/c1-5-6-12-23(4)18(20-2)21-17-19(10-15-22(3)16-11-19)24-13-8-7-9-14-24;/h5-17H2,1-4H3,(H,20,21);1H. The number of guanidine groups is 1. The summed E-state index contributed by atoms with van der Waals surface area (Å²) in [5.74, 6) is 1.05. The van der Waals surface area contributed by atoms with Crippen LogP contribution in [-0.4, -0.2) is 86.6 Å². The number of piperidine rings is 2. The Balaban J connectivity index is 0.00000312. The van der Waals surface area contributed by atoms with Crippen molar-refractivity contribution >= 4 is 29.9 Å². The molecular formula is C19H40IN5. The molecule has 0 radical (unpaired) electrons. The molecule has 5 nitrogen and oxygen atoms in total. The maximum Gasteiger partial charge on any atom is 0.193 e. The minimum absolute atomic E-state index is 0. The van der Waals surface area contributed by atoms with Gasteiger partial charge in [0.2, 0.25) is 0 Å². The van der Waals surface area contributed by atoms with Crippen LogP contribution in [0, 0.1) is 0 Å². The Morgan fingerprint density at radius 2 is 1.76 bits per heavy atom. The van der Waals surface area contributed by atoms with Crippen LogP contribution < -0.4 is 5.32 Å². The van der Waals surface area contributed by atoms with Gasteiger partial charge in [0.1, 0.15) is 0 Å². The van der Waals surface area contributed by atoms with Crippen molar-refractivity contribution in [1.82, 2.24) is 20.0 Å². The molecule has 2 heterocycles. The van der Waals surface area contributed by atoms with Gasteiger partial charge in [0.25, 0.3) is 0 Å². The normalized spacial score (nSPS) is 22.3. The first kappa shape index (κ1) is 23.0. The Hall–Kier alpha value is -0.0800. The molecule has 0 aliphatic carbocycles. The van der Waals surface area contributed by atoms with Crippen LogP contribution in [0.5, 0.6) is 0 Å². The average Bonchev–Trinajstić information content (AvgIpc) is 2.63. The largest absolute Gasteiger partial charge is 0.354 e. The second-order valence-corrected chi connectivity index (χ2v) is 7.75. The number of hydrogen-bond donors (Lipinski definition) is 1. The van der Waals surface area contributed by atoms with Gasteiger partial charge in [-0.1, -0.05) is 19.8 Å². The molecule has 0 saturated carbocycles. The molecule has 2 saturated heterocycles. The minimum Gasteiger partial charge on any atom is -0.354 e. The summed E-state index contributed by atoms with van der Waals surface area (Å²) >= 11 is 0. The van der Waals surface area contributed by atoms with E-state index in [1.54, 1.807) is 0 Å². The zero-order valence-corrected chi connectivity index (χ0v) is 19.2.